The van der Waals surface area contributed by atoms with Crippen LogP contribution < -0.4 is 14.8 Å². The summed E-state index contributed by atoms with van der Waals surface area (Å²) in [6.45, 7) is 2.31. The van der Waals surface area contributed by atoms with Crippen LogP contribution in [0, 0.1) is 22.9 Å². The van der Waals surface area contributed by atoms with E-state index in [2.05, 4.69) is 10.3 Å². The summed E-state index contributed by atoms with van der Waals surface area (Å²) in [6, 6.07) is 24.4. The smallest absolute Gasteiger partial charge is 0.269 e. The molecule has 12 nitrogen and oxygen atoms in total. The molecule has 1 N–H and O–H groups in total. The van der Waals surface area contributed by atoms with E-state index in [1.165, 1.54) is 55.1 Å². The highest BCUT2D eigenvalue weighted by Gasteiger charge is 2.34. The first kappa shape index (κ1) is 39.1. The van der Waals surface area contributed by atoms with Gasteiger partial charge in [-0.05, 0) is 90.4 Å². The Balaban J connectivity index is 1.38. The van der Waals surface area contributed by atoms with E-state index in [1.54, 1.807) is 72.5 Å². The van der Waals surface area contributed by atoms with Crippen LogP contribution in [0.5, 0.6) is 11.5 Å². The number of aryl methyl sites for hydroxylation is 1. The van der Waals surface area contributed by atoms with Crippen molar-refractivity contribution in [1.29, 1.82) is 0 Å². The molecule has 0 spiro atoms. The van der Waals surface area contributed by atoms with Crippen molar-refractivity contribution in [2.45, 2.75) is 43.8 Å². The third-order valence-electron chi connectivity index (χ3n) is 9.64. The van der Waals surface area contributed by atoms with Gasteiger partial charge >= 0.3 is 0 Å². The molecule has 0 atom stereocenters. The number of non-ortho nitro benzene ring substituents is 1. The molecule has 55 heavy (non-hydrogen) atoms. The van der Waals surface area contributed by atoms with Crippen molar-refractivity contribution in [1.82, 2.24) is 14.2 Å². The van der Waals surface area contributed by atoms with E-state index in [0.29, 0.717) is 59.8 Å². The van der Waals surface area contributed by atoms with E-state index in [-0.39, 0.29) is 46.8 Å². The van der Waals surface area contributed by atoms with Crippen LogP contribution in [0.3, 0.4) is 0 Å². The zero-order valence-electron chi connectivity index (χ0n) is 30.4. The Morgan fingerprint density at radius 2 is 1.51 bits per heavy atom. The van der Waals surface area contributed by atoms with Crippen molar-refractivity contribution in [3.63, 3.8) is 0 Å². The fourth-order valence-corrected chi connectivity index (χ4v) is 8.40. The Morgan fingerprint density at radius 1 is 0.945 bits per heavy atom. The standard InChI is InChI=1S/C40H39ClFN5O7S/c1-26-22-32(47(49)50)12-17-36(26)44-38-35(40(48)45-20-18-30(19-21-45)29-8-10-31(42)11-9-29)23-43-39(37(38)41)55(51,52)46(24-27-4-13-33(53-2)14-5-27)25-28-6-15-34(54-3)16-7-28/h4-17,22-23,30H,18-21,24-25H2,1-3H3,(H,43,44). The number of pyridine rings is 1. The molecule has 2 heterocycles. The second kappa shape index (κ2) is 16.8. The Hall–Kier alpha value is -5.57. The van der Waals surface area contributed by atoms with Crippen LogP contribution in [-0.4, -0.2) is 60.7 Å². The van der Waals surface area contributed by atoms with Crippen LogP contribution >= 0.6 is 11.6 Å². The number of benzene rings is 4. The van der Waals surface area contributed by atoms with E-state index in [9.17, 15) is 27.7 Å². The number of likely N-dealkylation sites (tertiary alicyclic amines) is 1. The molecular formula is C40H39ClFN5O7S. The number of hydrogen-bond donors (Lipinski definition) is 1. The van der Waals surface area contributed by atoms with Crippen LogP contribution in [0.2, 0.25) is 5.02 Å². The number of nitrogens with one attached hydrogen (secondary N) is 1. The summed E-state index contributed by atoms with van der Waals surface area (Å²) in [5.74, 6) is 0.595. The predicted octanol–water partition coefficient (Wildman–Crippen LogP) is 8.26. The first-order valence-electron chi connectivity index (χ1n) is 17.4. The average Bonchev–Trinajstić information content (AvgIpc) is 3.19. The summed E-state index contributed by atoms with van der Waals surface area (Å²) < 4.78 is 54.7. The average molecular weight is 788 g/mol. The monoisotopic (exact) mass is 787 g/mol. The fourth-order valence-electron chi connectivity index (χ4n) is 6.51. The number of rotatable bonds is 13. The lowest BCUT2D eigenvalue weighted by Gasteiger charge is -2.33. The Bertz CT molecular complexity index is 2240. The van der Waals surface area contributed by atoms with Gasteiger partial charge in [-0.2, -0.15) is 4.31 Å². The Labute approximate surface area is 323 Å². The number of nitro benzene ring substituents is 1. The lowest BCUT2D eigenvalue weighted by atomic mass is 9.89. The normalized spacial score (nSPS) is 13.5. The van der Waals surface area contributed by atoms with Crippen molar-refractivity contribution in [2.75, 3.05) is 32.6 Å². The summed E-state index contributed by atoms with van der Waals surface area (Å²) in [5.41, 5.74) is 3.04. The molecule has 1 saturated heterocycles. The molecule has 5 aromatic rings. The number of nitro groups is 1. The molecule has 1 aliphatic rings. The van der Waals surface area contributed by atoms with E-state index >= 15 is 0 Å². The minimum atomic E-state index is -4.46. The van der Waals surface area contributed by atoms with Gasteiger partial charge in [0, 0.05) is 50.2 Å². The third-order valence-corrected chi connectivity index (χ3v) is 11.9. The number of sulfonamides is 1. The number of piperidine rings is 1. The van der Waals surface area contributed by atoms with Crippen LogP contribution in [0.1, 0.15) is 51.4 Å². The summed E-state index contributed by atoms with van der Waals surface area (Å²) in [5, 5.41) is 13.8. The summed E-state index contributed by atoms with van der Waals surface area (Å²) in [4.78, 5) is 31.2. The minimum Gasteiger partial charge on any atom is -0.497 e. The third kappa shape index (κ3) is 8.88. The molecular weight excluding hydrogens is 749 g/mol. The molecule has 0 aliphatic carbocycles. The van der Waals surface area contributed by atoms with Gasteiger partial charge in [-0.25, -0.2) is 17.8 Å². The van der Waals surface area contributed by atoms with Crippen molar-refractivity contribution < 1.29 is 32.0 Å². The zero-order chi connectivity index (χ0) is 39.3. The molecule has 1 aliphatic heterocycles. The van der Waals surface area contributed by atoms with Gasteiger partial charge in [0.15, 0.2) is 5.03 Å². The minimum absolute atomic E-state index is 0.00769. The number of nitrogens with zero attached hydrogens (tertiary/aromatic N) is 4. The molecule has 0 bridgehead atoms. The van der Waals surface area contributed by atoms with Crippen molar-refractivity contribution in [3.8, 4) is 11.5 Å². The number of hydrogen-bond acceptors (Lipinski definition) is 9. The maximum atomic E-state index is 14.7. The van der Waals surface area contributed by atoms with Gasteiger partial charge in [-0.15, -0.1) is 0 Å². The van der Waals surface area contributed by atoms with E-state index in [0.717, 1.165) is 5.56 Å². The molecule has 1 fully saturated rings. The van der Waals surface area contributed by atoms with Crippen LogP contribution in [-0.2, 0) is 23.1 Å². The van der Waals surface area contributed by atoms with E-state index in [1.807, 2.05) is 0 Å². The highest BCUT2D eigenvalue weighted by Crippen LogP contribution is 2.38. The SMILES string of the molecule is COc1ccc(CN(Cc2ccc(OC)cc2)S(=O)(=O)c2ncc(C(=O)N3CCC(c4ccc(F)cc4)CC3)c(Nc3ccc([N+](=O)[O-])cc3C)c2Cl)cc1. The van der Waals surface area contributed by atoms with Gasteiger partial charge in [-0.3, -0.25) is 14.9 Å². The van der Waals surface area contributed by atoms with Crippen molar-refractivity contribution in [3.05, 3.63) is 146 Å². The van der Waals surface area contributed by atoms with Gasteiger partial charge in [0.25, 0.3) is 21.6 Å². The number of ether oxygens (including phenoxy) is 2. The second-order valence-electron chi connectivity index (χ2n) is 13.1. The molecule has 0 radical (unpaired) electrons. The first-order valence-corrected chi connectivity index (χ1v) is 19.2. The highest BCUT2D eigenvalue weighted by atomic mass is 35.5. The molecule has 1 amide bonds. The summed E-state index contributed by atoms with van der Waals surface area (Å²) >= 11 is 7.04. The number of carbonyl (C=O) groups excluding carboxylic acids is 1. The number of methoxy groups -OCH3 is 2. The summed E-state index contributed by atoms with van der Waals surface area (Å²) in [6.07, 6.45) is 2.46. The number of anilines is 2. The lowest BCUT2D eigenvalue weighted by molar-refractivity contribution is -0.384. The molecule has 6 rings (SSSR count). The van der Waals surface area contributed by atoms with E-state index in [4.69, 9.17) is 21.1 Å². The maximum absolute atomic E-state index is 14.7. The van der Waals surface area contributed by atoms with E-state index < -0.39 is 25.9 Å². The molecule has 0 saturated carbocycles. The Morgan fingerprint density at radius 3 is 2.02 bits per heavy atom. The number of amides is 1. The van der Waals surface area contributed by atoms with Crippen molar-refractivity contribution in [2.24, 2.45) is 0 Å². The van der Waals surface area contributed by atoms with Crippen LogP contribution in [0.25, 0.3) is 0 Å². The van der Waals surface area contributed by atoms with Crippen molar-refractivity contribution >= 4 is 44.6 Å². The molecule has 0 unspecified atom stereocenters. The second-order valence-corrected chi connectivity index (χ2v) is 15.4. The number of carbonyl (C=O) groups is 1. The predicted molar refractivity (Wildman–Crippen MR) is 207 cm³/mol. The van der Waals surface area contributed by atoms with Gasteiger partial charge < -0.3 is 19.7 Å². The first-order chi connectivity index (χ1) is 26.4. The molecule has 15 heteroatoms. The number of aromatic nitrogens is 1. The topological polar surface area (TPSA) is 144 Å². The highest BCUT2D eigenvalue weighted by molar-refractivity contribution is 7.89. The zero-order valence-corrected chi connectivity index (χ0v) is 31.9. The van der Waals surface area contributed by atoms with Crippen LogP contribution in [0.15, 0.2) is 102 Å². The molecule has 1 aromatic heterocycles. The largest absolute Gasteiger partial charge is 0.497 e. The number of halogens is 2. The van der Waals surface area contributed by atoms with Gasteiger partial charge in [0.2, 0.25) is 0 Å². The van der Waals surface area contributed by atoms with Gasteiger partial charge in [0.05, 0.1) is 30.4 Å². The maximum Gasteiger partial charge on any atom is 0.269 e. The quantitative estimate of drug-likeness (QED) is 0.0921. The lowest BCUT2D eigenvalue weighted by Crippen LogP contribution is -2.38. The fraction of sp³-hybridized carbons (Fsp3) is 0.250. The summed E-state index contributed by atoms with van der Waals surface area (Å²) in [7, 11) is -1.39. The van der Waals surface area contributed by atoms with Gasteiger partial charge in [0.1, 0.15) is 22.3 Å². The molecule has 286 valence electrons. The van der Waals surface area contributed by atoms with Gasteiger partial charge in [-0.1, -0.05) is 48.0 Å². The Kier molecular flexibility index (Phi) is 12.0. The van der Waals surface area contributed by atoms with Crippen LogP contribution in [0.4, 0.5) is 21.5 Å². The molecule has 4 aromatic carbocycles.